The molecule has 1 aromatic heterocycles. The summed E-state index contributed by atoms with van der Waals surface area (Å²) in [5.41, 5.74) is 0.732. The van der Waals surface area contributed by atoms with Gasteiger partial charge in [-0.15, -0.1) is 16.7 Å². The molecule has 0 N–H and O–H groups in total. The van der Waals surface area contributed by atoms with Gasteiger partial charge < -0.3 is 9.64 Å². The summed E-state index contributed by atoms with van der Waals surface area (Å²) in [5.74, 6) is 0.863. The van der Waals surface area contributed by atoms with E-state index in [1.54, 1.807) is 6.07 Å². The summed E-state index contributed by atoms with van der Waals surface area (Å²) in [7, 11) is 2.18. The lowest BCUT2D eigenvalue weighted by molar-refractivity contribution is -0.0715. The van der Waals surface area contributed by atoms with E-state index in [9.17, 15) is 0 Å². The Morgan fingerprint density at radius 2 is 2.03 bits per heavy atom. The second-order valence-electron chi connectivity index (χ2n) is 8.51. The fourth-order valence-corrected chi connectivity index (χ4v) is 5.35. The van der Waals surface area contributed by atoms with Crippen LogP contribution in [0.2, 0.25) is 10.0 Å². The first-order chi connectivity index (χ1) is 14.5. The van der Waals surface area contributed by atoms with Crippen molar-refractivity contribution in [2.45, 2.75) is 62.7 Å². The largest absolute Gasteiger partial charge is 0.373 e. The first kappa shape index (κ1) is 22.3. The maximum absolute atomic E-state index is 6.65. The molecule has 3 unspecified atom stereocenters. The van der Waals surface area contributed by atoms with Crippen molar-refractivity contribution >= 4 is 34.8 Å². The second-order valence-corrected chi connectivity index (χ2v) is 9.91. The van der Waals surface area contributed by atoms with Crippen LogP contribution in [0, 0.1) is 5.92 Å². The molecule has 4 rings (SSSR count). The molecule has 1 aromatic carbocycles. The maximum atomic E-state index is 6.65. The van der Waals surface area contributed by atoms with Gasteiger partial charge in [-0.25, -0.2) is 4.68 Å². The third-order valence-corrected chi connectivity index (χ3v) is 7.39. The van der Waals surface area contributed by atoms with Gasteiger partial charge in [-0.2, -0.15) is 0 Å². The maximum Gasteiger partial charge on any atom is 0.183 e. The predicted octanol–water partition coefficient (Wildman–Crippen LogP) is 4.92. The summed E-state index contributed by atoms with van der Waals surface area (Å²) in [4.78, 5) is 2.38. The van der Waals surface area contributed by atoms with Gasteiger partial charge in [0.1, 0.15) is 0 Å². The number of aromatic nitrogens is 4. The van der Waals surface area contributed by atoms with Crippen molar-refractivity contribution in [3.63, 3.8) is 0 Å². The van der Waals surface area contributed by atoms with Crippen LogP contribution in [0.1, 0.15) is 38.5 Å². The van der Waals surface area contributed by atoms with Gasteiger partial charge in [0, 0.05) is 23.4 Å². The van der Waals surface area contributed by atoms with Gasteiger partial charge in [0.15, 0.2) is 5.82 Å². The minimum atomic E-state index is 0.154. The lowest BCUT2D eigenvalue weighted by Gasteiger charge is -2.36. The predicted molar refractivity (Wildman–Crippen MR) is 120 cm³/mol. The lowest BCUT2D eigenvalue weighted by atomic mass is 9.85. The number of alkyl halides is 1. The van der Waals surface area contributed by atoms with Crippen LogP contribution in [-0.4, -0.2) is 62.8 Å². The van der Waals surface area contributed by atoms with Gasteiger partial charge in [0.25, 0.3) is 0 Å². The molecule has 1 saturated carbocycles. The minimum Gasteiger partial charge on any atom is -0.373 e. The third-order valence-electron chi connectivity index (χ3n) is 6.18. The molecule has 0 amide bonds. The highest BCUT2D eigenvalue weighted by atomic mass is 35.5. The van der Waals surface area contributed by atoms with Gasteiger partial charge >= 0.3 is 0 Å². The van der Waals surface area contributed by atoms with Gasteiger partial charge in [-0.3, -0.25) is 0 Å². The Morgan fingerprint density at radius 3 is 2.90 bits per heavy atom. The molecule has 4 atom stereocenters. The highest BCUT2D eigenvalue weighted by Crippen LogP contribution is 2.35. The van der Waals surface area contributed by atoms with E-state index in [4.69, 9.17) is 39.5 Å². The highest BCUT2D eigenvalue weighted by molar-refractivity contribution is 6.43. The molecule has 0 bridgehead atoms. The normalized spacial score (nSPS) is 28.4. The van der Waals surface area contributed by atoms with Crippen LogP contribution in [0.5, 0.6) is 0 Å². The van der Waals surface area contributed by atoms with E-state index in [0.717, 1.165) is 44.3 Å². The van der Waals surface area contributed by atoms with Gasteiger partial charge in [0.2, 0.25) is 0 Å². The SMILES string of the molecule is CN1CCCCC(O[C@H]2CCC(Cl)CC2Cn2nnnc2-c2cccc(Cl)c2Cl)C1. The number of tetrazole rings is 1. The Labute approximate surface area is 192 Å². The Kier molecular flexibility index (Phi) is 7.53. The molecule has 30 heavy (non-hydrogen) atoms. The second kappa shape index (κ2) is 10.1. The quantitative estimate of drug-likeness (QED) is 0.578. The zero-order chi connectivity index (χ0) is 21.1. The number of rotatable bonds is 5. The zero-order valence-electron chi connectivity index (χ0n) is 17.2. The Bertz CT molecular complexity index is 848. The summed E-state index contributed by atoms with van der Waals surface area (Å²) < 4.78 is 8.46. The van der Waals surface area contributed by atoms with E-state index in [0.29, 0.717) is 22.4 Å². The van der Waals surface area contributed by atoms with Crippen molar-refractivity contribution in [1.29, 1.82) is 0 Å². The molecule has 164 valence electrons. The smallest absolute Gasteiger partial charge is 0.183 e. The number of benzene rings is 1. The molecule has 0 radical (unpaired) electrons. The van der Waals surface area contributed by atoms with Crippen molar-refractivity contribution in [1.82, 2.24) is 25.1 Å². The molecule has 2 heterocycles. The zero-order valence-corrected chi connectivity index (χ0v) is 19.5. The van der Waals surface area contributed by atoms with Crippen molar-refractivity contribution in [3.8, 4) is 11.4 Å². The number of hydrogen-bond acceptors (Lipinski definition) is 5. The molecule has 1 saturated heterocycles. The van der Waals surface area contributed by atoms with E-state index in [1.165, 1.54) is 12.8 Å². The molecule has 2 aromatic rings. The monoisotopic (exact) mass is 471 g/mol. The fraction of sp³-hybridized carbons (Fsp3) is 0.667. The molecular formula is C21H28Cl3N5O. The minimum absolute atomic E-state index is 0.154. The molecule has 2 fully saturated rings. The van der Waals surface area contributed by atoms with Gasteiger partial charge in [0.05, 0.1) is 28.8 Å². The van der Waals surface area contributed by atoms with Crippen LogP contribution in [0.4, 0.5) is 0 Å². The van der Waals surface area contributed by atoms with Crippen LogP contribution >= 0.6 is 34.8 Å². The van der Waals surface area contributed by atoms with E-state index in [-0.39, 0.29) is 23.5 Å². The number of hydrogen-bond donors (Lipinski definition) is 0. The van der Waals surface area contributed by atoms with Crippen LogP contribution in [-0.2, 0) is 11.3 Å². The van der Waals surface area contributed by atoms with Gasteiger partial charge in [-0.05, 0) is 74.7 Å². The number of nitrogens with zero attached hydrogens (tertiary/aromatic N) is 5. The summed E-state index contributed by atoms with van der Waals surface area (Å²) >= 11 is 19.2. The number of likely N-dealkylation sites (N-methyl/N-ethyl adjacent to an activating group) is 1. The Balaban J connectivity index is 1.52. The van der Waals surface area contributed by atoms with E-state index in [2.05, 4.69) is 27.5 Å². The Hall–Kier alpha value is -0.920. The van der Waals surface area contributed by atoms with Crippen molar-refractivity contribution in [2.24, 2.45) is 5.92 Å². The summed E-state index contributed by atoms with van der Waals surface area (Å²) in [5, 5.41) is 13.5. The average Bonchev–Trinajstić information content (AvgIpc) is 3.06. The first-order valence-corrected chi connectivity index (χ1v) is 11.9. The number of halogens is 3. The van der Waals surface area contributed by atoms with Crippen LogP contribution in [0.25, 0.3) is 11.4 Å². The number of likely N-dealkylation sites (tertiary alicyclic amines) is 1. The summed E-state index contributed by atoms with van der Waals surface area (Å²) in [6.45, 7) is 2.77. The number of ether oxygens (including phenoxy) is 1. The van der Waals surface area contributed by atoms with Crippen LogP contribution in [0.15, 0.2) is 18.2 Å². The van der Waals surface area contributed by atoms with E-state index >= 15 is 0 Å². The molecule has 6 nitrogen and oxygen atoms in total. The molecule has 2 aliphatic rings. The average molecular weight is 473 g/mol. The van der Waals surface area contributed by atoms with Crippen molar-refractivity contribution < 1.29 is 4.74 Å². The summed E-state index contributed by atoms with van der Waals surface area (Å²) in [6.07, 6.45) is 6.83. The molecule has 0 spiro atoms. The highest BCUT2D eigenvalue weighted by Gasteiger charge is 2.34. The third kappa shape index (κ3) is 5.28. The molecule has 9 heteroatoms. The van der Waals surface area contributed by atoms with Crippen molar-refractivity contribution in [3.05, 3.63) is 28.2 Å². The Morgan fingerprint density at radius 1 is 1.17 bits per heavy atom. The van der Waals surface area contributed by atoms with E-state index < -0.39 is 0 Å². The van der Waals surface area contributed by atoms with Crippen LogP contribution in [0.3, 0.4) is 0 Å². The standard InChI is InChI=1S/C21H28Cl3N5O/c1-28-10-3-2-5-16(13-28)30-19-9-8-15(22)11-14(19)12-29-21(25-26-27-29)17-6-4-7-18(23)20(17)24/h4,6-7,14-16,19H,2-3,5,8-13H2,1H3/t14?,15?,16?,19-/m0/s1. The first-order valence-electron chi connectivity index (χ1n) is 10.7. The van der Waals surface area contributed by atoms with Gasteiger partial charge in [-0.1, -0.05) is 29.3 Å². The lowest BCUT2D eigenvalue weighted by Crippen LogP contribution is -2.40. The van der Waals surface area contributed by atoms with E-state index in [1.807, 2.05) is 16.8 Å². The molecule has 1 aliphatic carbocycles. The molecule has 1 aliphatic heterocycles. The summed E-state index contributed by atoms with van der Waals surface area (Å²) in [6, 6.07) is 5.50. The van der Waals surface area contributed by atoms with Crippen LogP contribution < -0.4 is 0 Å². The fourth-order valence-electron chi connectivity index (χ4n) is 4.61. The molecular weight excluding hydrogens is 445 g/mol. The topological polar surface area (TPSA) is 56.1 Å². The van der Waals surface area contributed by atoms with Crippen molar-refractivity contribution in [2.75, 3.05) is 20.1 Å².